The molecular formula is C9H17N5OS. The predicted molar refractivity (Wildman–Crippen MR) is 65.8 cm³/mol. The normalized spacial score (nSPS) is 18.6. The molecule has 7 heteroatoms. The lowest BCUT2D eigenvalue weighted by Gasteiger charge is -2.32. The Labute approximate surface area is 99.1 Å². The highest BCUT2D eigenvalue weighted by molar-refractivity contribution is 7.11. The molecule has 3 N–H and O–H groups in total. The van der Waals surface area contributed by atoms with E-state index in [1.165, 1.54) is 11.5 Å². The van der Waals surface area contributed by atoms with Crippen LogP contribution in [0.3, 0.4) is 0 Å². The van der Waals surface area contributed by atoms with E-state index in [2.05, 4.69) is 26.8 Å². The lowest BCUT2D eigenvalue weighted by Crippen LogP contribution is -2.46. The van der Waals surface area contributed by atoms with Crippen LogP contribution >= 0.6 is 11.5 Å². The lowest BCUT2D eigenvalue weighted by molar-refractivity contribution is 0.179. The van der Waals surface area contributed by atoms with E-state index in [4.69, 9.17) is 10.5 Å². The second kappa shape index (κ2) is 4.86. The summed E-state index contributed by atoms with van der Waals surface area (Å²) in [6.45, 7) is 4.09. The minimum atomic E-state index is 0.448. The van der Waals surface area contributed by atoms with Crippen molar-refractivity contribution in [1.82, 2.24) is 14.3 Å². The number of hydrazine groups is 1. The van der Waals surface area contributed by atoms with Crippen LogP contribution < -0.4 is 15.9 Å². The van der Waals surface area contributed by atoms with Crippen molar-refractivity contribution in [3.8, 4) is 5.75 Å². The third-order valence-corrected chi connectivity index (χ3v) is 3.39. The first kappa shape index (κ1) is 11.4. The summed E-state index contributed by atoms with van der Waals surface area (Å²) < 4.78 is 9.26. The van der Waals surface area contributed by atoms with Gasteiger partial charge in [-0.15, -0.1) is 0 Å². The molecule has 2 rings (SSSR count). The quantitative estimate of drug-likeness (QED) is 0.796. The van der Waals surface area contributed by atoms with Crippen LogP contribution in [-0.4, -0.2) is 54.6 Å². The summed E-state index contributed by atoms with van der Waals surface area (Å²) in [4.78, 5) is 2.30. The summed E-state index contributed by atoms with van der Waals surface area (Å²) in [6, 6.07) is 0. The van der Waals surface area contributed by atoms with E-state index in [1.807, 2.05) is 0 Å². The highest BCUT2D eigenvalue weighted by Gasteiger charge is 2.18. The lowest BCUT2D eigenvalue weighted by atomic mass is 10.4. The number of hydrogen-bond donors (Lipinski definition) is 2. The molecule has 0 aromatic carbocycles. The summed E-state index contributed by atoms with van der Waals surface area (Å²) >= 11 is 1.33. The molecule has 0 bridgehead atoms. The second-order valence-electron chi connectivity index (χ2n) is 3.83. The van der Waals surface area contributed by atoms with E-state index in [9.17, 15) is 0 Å². The van der Waals surface area contributed by atoms with E-state index in [0.29, 0.717) is 11.6 Å². The van der Waals surface area contributed by atoms with Crippen LogP contribution in [0.4, 0.5) is 10.8 Å². The topological polar surface area (TPSA) is 66.7 Å². The Hall–Kier alpha value is -1.05. The molecular weight excluding hydrogens is 226 g/mol. The smallest absolute Gasteiger partial charge is 0.198 e. The van der Waals surface area contributed by atoms with Crippen LogP contribution in [0.2, 0.25) is 0 Å². The van der Waals surface area contributed by atoms with Crippen molar-refractivity contribution in [2.24, 2.45) is 0 Å². The molecule has 0 spiro atoms. The maximum atomic E-state index is 5.69. The fraction of sp³-hybridized carbons (Fsp3) is 0.667. The van der Waals surface area contributed by atoms with Gasteiger partial charge in [-0.2, -0.15) is 4.37 Å². The molecule has 1 fully saturated rings. The zero-order valence-corrected chi connectivity index (χ0v) is 10.4. The summed E-state index contributed by atoms with van der Waals surface area (Å²) in [5.74, 6) is 1.09. The number of rotatable bonds is 3. The first-order valence-electron chi connectivity index (χ1n) is 5.20. The van der Waals surface area contributed by atoms with E-state index >= 15 is 0 Å². The van der Waals surface area contributed by atoms with Gasteiger partial charge in [0.15, 0.2) is 16.6 Å². The maximum absolute atomic E-state index is 5.69. The monoisotopic (exact) mass is 243 g/mol. The number of aromatic nitrogens is 1. The molecule has 0 unspecified atom stereocenters. The van der Waals surface area contributed by atoms with Gasteiger partial charge in [-0.1, -0.05) is 0 Å². The minimum Gasteiger partial charge on any atom is -0.490 e. The molecule has 0 amide bonds. The molecule has 1 aromatic rings. The maximum Gasteiger partial charge on any atom is 0.198 e. The molecule has 16 heavy (non-hydrogen) atoms. The van der Waals surface area contributed by atoms with Gasteiger partial charge in [0.2, 0.25) is 0 Å². The van der Waals surface area contributed by atoms with E-state index in [0.717, 1.165) is 31.2 Å². The molecule has 0 aliphatic carbocycles. The SMILES string of the molecule is COc1c(N)nsc1NN1CCN(C)CC1. The molecule has 2 heterocycles. The summed E-state index contributed by atoms with van der Waals surface area (Å²) in [5.41, 5.74) is 8.99. The molecule has 6 nitrogen and oxygen atoms in total. The van der Waals surface area contributed by atoms with E-state index in [1.54, 1.807) is 7.11 Å². The number of piperazine rings is 1. The highest BCUT2D eigenvalue weighted by Crippen LogP contribution is 2.34. The molecule has 0 radical (unpaired) electrons. The minimum absolute atomic E-state index is 0.448. The van der Waals surface area contributed by atoms with Crippen molar-refractivity contribution >= 4 is 22.4 Å². The van der Waals surface area contributed by atoms with Gasteiger partial charge in [-0.25, -0.2) is 5.01 Å². The molecule has 0 saturated carbocycles. The average molecular weight is 243 g/mol. The number of nitrogen functional groups attached to an aromatic ring is 1. The van der Waals surface area contributed by atoms with E-state index < -0.39 is 0 Å². The van der Waals surface area contributed by atoms with Crippen LogP contribution in [-0.2, 0) is 0 Å². The van der Waals surface area contributed by atoms with Crippen LogP contribution in [0.5, 0.6) is 5.75 Å². The number of anilines is 2. The molecule has 90 valence electrons. The van der Waals surface area contributed by atoms with Crippen LogP contribution in [0, 0.1) is 0 Å². The van der Waals surface area contributed by atoms with Crippen LogP contribution in [0.15, 0.2) is 0 Å². The third-order valence-electron chi connectivity index (χ3n) is 2.64. The summed E-state index contributed by atoms with van der Waals surface area (Å²) in [5, 5.41) is 3.04. The van der Waals surface area contributed by atoms with Crippen molar-refractivity contribution in [3.63, 3.8) is 0 Å². The third kappa shape index (κ3) is 2.37. The zero-order chi connectivity index (χ0) is 11.5. The Bertz CT molecular complexity index is 348. The number of methoxy groups -OCH3 is 1. The molecule has 1 saturated heterocycles. The first-order chi connectivity index (χ1) is 7.70. The van der Waals surface area contributed by atoms with Crippen LogP contribution in [0.1, 0.15) is 0 Å². The largest absolute Gasteiger partial charge is 0.490 e. The predicted octanol–water partition coefficient (Wildman–Crippen LogP) is 0.308. The van der Waals surface area contributed by atoms with Crippen molar-refractivity contribution in [3.05, 3.63) is 0 Å². The van der Waals surface area contributed by atoms with Gasteiger partial charge in [0, 0.05) is 26.2 Å². The Balaban J connectivity index is 1.98. The first-order valence-corrected chi connectivity index (χ1v) is 5.97. The molecule has 1 aliphatic heterocycles. The standard InChI is InChI=1S/C9H17N5OS/c1-13-3-5-14(6-4-13)11-9-7(15-2)8(10)12-16-9/h11H,3-6H2,1-2H3,(H2,10,12). The zero-order valence-electron chi connectivity index (χ0n) is 9.56. The van der Waals surface area contributed by atoms with Gasteiger partial charge in [0.25, 0.3) is 0 Å². The fourth-order valence-corrected chi connectivity index (χ4v) is 2.34. The van der Waals surface area contributed by atoms with Crippen molar-refractivity contribution in [2.75, 3.05) is 51.5 Å². The Morgan fingerprint density at radius 2 is 2.06 bits per heavy atom. The Morgan fingerprint density at radius 1 is 1.38 bits per heavy atom. The van der Waals surface area contributed by atoms with Crippen LogP contribution in [0.25, 0.3) is 0 Å². The number of nitrogens with two attached hydrogens (primary N) is 1. The van der Waals surface area contributed by atoms with Crippen molar-refractivity contribution < 1.29 is 4.74 Å². The molecule has 0 atom stereocenters. The Morgan fingerprint density at radius 3 is 2.69 bits per heavy atom. The van der Waals surface area contributed by atoms with Gasteiger partial charge >= 0.3 is 0 Å². The van der Waals surface area contributed by atoms with Gasteiger partial charge in [0.05, 0.1) is 7.11 Å². The Kier molecular flexibility index (Phi) is 3.47. The van der Waals surface area contributed by atoms with Crippen molar-refractivity contribution in [2.45, 2.75) is 0 Å². The molecule has 1 aliphatic rings. The van der Waals surface area contributed by atoms with E-state index in [-0.39, 0.29) is 0 Å². The van der Waals surface area contributed by atoms with Gasteiger partial charge in [0.1, 0.15) is 0 Å². The number of likely N-dealkylation sites (N-methyl/N-ethyl adjacent to an activating group) is 1. The number of nitrogens with zero attached hydrogens (tertiary/aromatic N) is 3. The summed E-state index contributed by atoms with van der Waals surface area (Å²) in [7, 11) is 3.73. The van der Waals surface area contributed by atoms with Gasteiger partial charge < -0.3 is 20.8 Å². The van der Waals surface area contributed by atoms with Crippen molar-refractivity contribution in [1.29, 1.82) is 0 Å². The second-order valence-corrected chi connectivity index (χ2v) is 4.61. The number of ether oxygens (including phenoxy) is 1. The number of hydrogen-bond acceptors (Lipinski definition) is 7. The number of nitrogens with one attached hydrogen (secondary N) is 1. The highest BCUT2D eigenvalue weighted by atomic mass is 32.1. The average Bonchev–Trinajstić information content (AvgIpc) is 2.63. The van der Waals surface area contributed by atoms with Gasteiger partial charge in [-0.3, -0.25) is 0 Å². The fourth-order valence-electron chi connectivity index (χ4n) is 1.62. The molecule has 1 aromatic heterocycles. The van der Waals surface area contributed by atoms with Gasteiger partial charge in [-0.05, 0) is 18.6 Å². The summed E-state index contributed by atoms with van der Waals surface area (Å²) in [6.07, 6.45) is 0.